The van der Waals surface area contributed by atoms with Gasteiger partial charge < -0.3 is 9.13 Å². The van der Waals surface area contributed by atoms with Crippen molar-refractivity contribution >= 4 is 43.6 Å². The smallest absolute Gasteiger partial charge is 0.105 e. The molecule has 0 saturated heterocycles. The first-order valence-corrected chi connectivity index (χ1v) is 17.0. The van der Waals surface area contributed by atoms with E-state index in [0.29, 0.717) is 0 Å². The van der Waals surface area contributed by atoms with Gasteiger partial charge in [0.25, 0.3) is 0 Å². The van der Waals surface area contributed by atoms with Crippen molar-refractivity contribution in [2.75, 3.05) is 0 Å². The number of benzene rings is 7. The van der Waals surface area contributed by atoms with Crippen LogP contribution >= 0.6 is 0 Å². The molecular formula is C48H30N2. The summed E-state index contributed by atoms with van der Waals surface area (Å²) in [4.78, 5) is 0. The fraction of sp³-hybridized carbons (Fsp3) is 0. The number of hydrogen-bond acceptors (Lipinski definition) is 0. The second kappa shape index (κ2) is 11.4. The lowest BCUT2D eigenvalue weighted by atomic mass is 9.95. The maximum Gasteiger partial charge on any atom is 0.105 e. The van der Waals surface area contributed by atoms with Gasteiger partial charge in [-0.3, -0.25) is 0 Å². The van der Waals surface area contributed by atoms with Crippen LogP contribution in [0, 0.1) is 12.1 Å². The highest BCUT2D eigenvalue weighted by Crippen LogP contribution is 2.45. The van der Waals surface area contributed by atoms with E-state index in [2.05, 4.69) is 197 Å². The van der Waals surface area contributed by atoms with Crippen molar-refractivity contribution in [3.05, 3.63) is 194 Å². The molecule has 0 amide bonds. The number of rotatable bonds is 5. The second-order valence-corrected chi connectivity index (χ2v) is 12.7. The predicted octanol–water partition coefficient (Wildman–Crippen LogP) is 12.5. The van der Waals surface area contributed by atoms with E-state index in [-0.39, 0.29) is 0 Å². The summed E-state index contributed by atoms with van der Waals surface area (Å²) in [5, 5.41) is 4.93. The van der Waals surface area contributed by atoms with E-state index in [0.717, 1.165) is 27.8 Å². The zero-order valence-electron chi connectivity index (χ0n) is 27.2. The highest BCUT2D eigenvalue weighted by molar-refractivity contribution is 6.22. The first-order chi connectivity index (χ1) is 24.9. The molecule has 0 saturated carbocycles. The molecule has 2 heterocycles. The first kappa shape index (κ1) is 28.2. The Balaban J connectivity index is 1.29. The predicted molar refractivity (Wildman–Crippen MR) is 209 cm³/mol. The third-order valence-electron chi connectivity index (χ3n) is 10.0. The molecule has 10 aromatic rings. The van der Waals surface area contributed by atoms with E-state index >= 15 is 0 Å². The minimum Gasteiger partial charge on any atom is -0.309 e. The van der Waals surface area contributed by atoms with Crippen LogP contribution in [0.4, 0.5) is 0 Å². The number of fused-ring (bicyclic) bond motifs is 6. The maximum atomic E-state index is 3.51. The van der Waals surface area contributed by atoms with Crippen molar-refractivity contribution in [3.8, 4) is 44.8 Å². The Morgan fingerprint density at radius 1 is 0.340 bits per heavy atom. The Kier molecular flexibility index (Phi) is 6.44. The molecule has 0 aliphatic heterocycles. The summed E-state index contributed by atoms with van der Waals surface area (Å²) in [6.45, 7) is 0. The molecule has 8 aromatic carbocycles. The fourth-order valence-electron chi connectivity index (χ4n) is 7.93. The van der Waals surface area contributed by atoms with Gasteiger partial charge in [-0.05, 0) is 70.8 Å². The average molecular weight is 635 g/mol. The van der Waals surface area contributed by atoms with Crippen LogP contribution in [0.2, 0.25) is 0 Å². The van der Waals surface area contributed by atoms with Crippen LogP contribution in [-0.2, 0) is 0 Å². The van der Waals surface area contributed by atoms with E-state index in [4.69, 9.17) is 0 Å². The molecule has 0 N–H and O–H groups in total. The zero-order valence-corrected chi connectivity index (χ0v) is 27.2. The molecule has 2 heteroatoms. The summed E-state index contributed by atoms with van der Waals surface area (Å²) in [5.74, 6) is 0. The summed E-state index contributed by atoms with van der Waals surface area (Å²) >= 11 is 0. The highest BCUT2D eigenvalue weighted by Gasteiger charge is 2.22. The van der Waals surface area contributed by atoms with Gasteiger partial charge in [0.05, 0.1) is 27.8 Å². The number of nitrogens with zero attached hydrogens (tertiary/aromatic N) is 2. The van der Waals surface area contributed by atoms with Crippen LogP contribution in [0.5, 0.6) is 0 Å². The molecule has 0 aliphatic rings. The molecule has 2 aromatic heterocycles. The number of para-hydroxylation sites is 3. The molecule has 50 heavy (non-hydrogen) atoms. The Labute approximate surface area is 290 Å². The highest BCUT2D eigenvalue weighted by atomic mass is 15.0. The van der Waals surface area contributed by atoms with Crippen LogP contribution in [0.25, 0.3) is 88.4 Å². The standard InChI is InChI=1S/C48H30N2/c1-3-17-33(18-4-1)35-21-7-11-27-41(35)49-43-29-13-9-23-39(43)47-37(25-15-31-45(47)49)38-26-16-32-46-48(38)40-24-10-14-30-44(40)50(46)42-28-12-8-22-36(42)34-19-5-2-6-20-34/h1-11,13-27,29-32H. The van der Waals surface area contributed by atoms with Gasteiger partial charge in [-0.25, -0.2) is 0 Å². The molecule has 232 valence electrons. The van der Waals surface area contributed by atoms with E-state index in [1.54, 1.807) is 0 Å². The minimum absolute atomic E-state index is 0.995. The number of aromatic nitrogens is 2. The van der Waals surface area contributed by atoms with Crippen LogP contribution in [0.3, 0.4) is 0 Å². The third kappa shape index (κ3) is 4.24. The Morgan fingerprint density at radius 3 is 1.48 bits per heavy atom. The Bertz CT molecular complexity index is 2660. The molecule has 0 radical (unpaired) electrons. The lowest BCUT2D eigenvalue weighted by molar-refractivity contribution is 1.18. The summed E-state index contributed by atoms with van der Waals surface area (Å²) in [5.41, 5.74) is 13.9. The van der Waals surface area contributed by atoms with E-state index in [9.17, 15) is 0 Å². The molecule has 0 unspecified atom stereocenters. The van der Waals surface area contributed by atoms with Crippen LogP contribution < -0.4 is 0 Å². The lowest BCUT2D eigenvalue weighted by Crippen LogP contribution is -1.97. The monoisotopic (exact) mass is 634 g/mol. The van der Waals surface area contributed by atoms with Crippen molar-refractivity contribution in [3.63, 3.8) is 0 Å². The van der Waals surface area contributed by atoms with E-state index in [1.165, 1.54) is 60.5 Å². The minimum atomic E-state index is 0.995. The quantitative estimate of drug-likeness (QED) is 0.178. The van der Waals surface area contributed by atoms with Gasteiger partial charge in [0.15, 0.2) is 0 Å². The second-order valence-electron chi connectivity index (χ2n) is 12.7. The third-order valence-corrected chi connectivity index (χ3v) is 10.0. The van der Waals surface area contributed by atoms with Crippen LogP contribution in [-0.4, -0.2) is 9.13 Å². The zero-order chi connectivity index (χ0) is 33.0. The molecule has 0 fully saturated rings. The molecule has 0 spiro atoms. The van der Waals surface area contributed by atoms with Gasteiger partial charge in [0.1, 0.15) is 5.69 Å². The maximum absolute atomic E-state index is 3.51. The largest absolute Gasteiger partial charge is 0.309 e. The van der Waals surface area contributed by atoms with Gasteiger partial charge in [0.2, 0.25) is 0 Å². The molecule has 0 aliphatic carbocycles. The van der Waals surface area contributed by atoms with Gasteiger partial charge in [0, 0.05) is 32.7 Å². The van der Waals surface area contributed by atoms with Crippen molar-refractivity contribution < 1.29 is 0 Å². The van der Waals surface area contributed by atoms with Gasteiger partial charge in [-0.15, -0.1) is 0 Å². The van der Waals surface area contributed by atoms with Crippen LogP contribution in [0.1, 0.15) is 0 Å². The summed E-state index contributed by atoms with van der Waals surface area (Å²) in [6, 6.07) is 72.0. The summed E-state index contributed by atoms with van der Waals surface area (Å²) in [7, 11) is 0. The number of hydrogen-bond donors (Lipinski definition) is 0. The van der Waals surface area contributed by atoms with Crippen molar-refractivity contribution in [2.45, 2.75) is 0 Å². The van der Waals surface area contributed by atoms with Crippen molar-refractivity contribution in [1.82, 2.24) is 9.13 Å². The average Bonchev–Trinajstić information content (AvgIpc) is 3.72. The lowest BCUT2D eigenvalue weighted by Gasteiger charge is -2.14. The normalized spacial score (nSPS) is 11.4. The molecular weight excluding hydrogens is 605 g/mol. The van der Waals surface area contributed by atoms with Crippen LogP contribution in [0.15, 0.2) is 182 Å². The van der Waals surface area contributed by atoms with E-state index < -0.39 is 0 Å². The molecule has 2 nitrogen and oxygen atoms in total. The Morgan fingerprint density at radius 2 is 0.820 bits per heavy atom. The van der Waals surface area contributed by atoms with Gasteiger partial charge in [-0.2, -0.15) is 0 Å². The summed E-state index contributed by atoms with van der Waals surface area (Å²) < 4.78 is 4.81. The summed E-state index contributed by atoms with van der Waals surface area (Å²) in [6.07, 6.45) is 0. The Hall–Kier alpha value is -6.82. The van der Waals surface area contributed by atoms with E-state index in [1.807, 2.05) is 6.07 Å². The SMILES string of the molecule is c1ccc(-c2ccccc2)c(-n2c3ccccc3c3c(-c4cccc5c4c4ccccc4n5-c4ccccc4-c4ccccc4)cccc32)c#1. The van der Waals surface area contributed by atoms with Crippen molar-refractivity contribution in [1.29, 1.82) is 0 Å². The van der Waals surface area contributed by atoms with Gasteiger partial charge >= 0.3 is 0 Å². The molecule has 10 rings (SSSR count). The topological polar surface area (TPSA) is 9.86 Å². The molecule has 0 atom stereocenters. The van der Waals surface area contributed by atoms with Crippen molar-refractivity contribution in [2.24, 2.45) is 0 Å². The van der Waals surface area contributed by atoms with Gasteiger partial charge in [-0.1, -0.05) is 146 Å². The molecule has 0 bridgehead atoms. The first-order valence-electron chi connectivity index (χ1n) is 17.0. The fourth-order valence-corrected chi connectivity index (χ4v) is 7.93.